The minimum absolute atomic E-state index is 0.125. The van der Waals surface area contributed by atoms with E-state index in [-0.39, 0.29) is 11.8 Å². The molecule has 4 heteroatoms. The lowest BCUT2D eigenvalue weighted by atomic mass is 10.5. The van der Waals surface area contributed by atoms with Crippen LogP contribution in [0.4, 0.5) is 0 Å². The van der Waals surface area contributed by atoms with Gasteiger partial charge in [-0.15, -0.1) is 0 Å². The Balaban J connectivity index is 2.79. The predicted molar refractivity (Wildman–Crippen MR) is 30.9 cm³/mol. The van der Waals surface area contributed by atoms with Crippen LogP contribution in [0.25, 0.3) is 0 Å². The normalized spacial score (nSPS) is 18.2. The van der Waals surface area contributed by atoms with Crippen molar-refractivity contribution in [2.75, 3.05) is 0 Å². The highest BCUT2D eigenvalue weighted by Crippen LogP contribution is 1.89. The van der Waals surface area contributed by atoms with Crippen molar-refractivity contribution < 1.29 is 0 Å². The van der Waals surface area contributed by atoms with Crippen LogP contribution in [0.1, 0.15) is 0 Å². The second-order valence-corrected chi connectivity index (χ2v) is 1.48. The Bertz CT molecular complexity index is 151. The van der Waals surface area contributed by atoms with Crippen LogP contribution in [0.3, 0.4) is 0 Å². The SMILES string of the molecule is C=C1NC(=N)NC1=N. The first-order valence-corrected chi connectivity index (χ1v) is 2.10. The van der Waals surface area contributed by atoms with Gasteiger partial charge in [0.05, 0.1) is 5.70 Å². The fourth-order valence-electron chi connectivity index (χ4n) is 0.445. The summed E-state index contributed by atoms with van der Waals surface area (Å²) in [5.41, 5.74) is 0.454. The quantitative estimate of drug-likeness (QED) is 0.343. The highest BCUT2D eigenvalue weighted by Gasteiger charge is 2.12. The fraction of sp³-hybridized carbons (Fsp3) is 0. The summed E-state index contributed by atoms with van der Waals surface area (Å²) in [5, 5.41) is 18.8. The highest BCUT2D eigenvalue weighted by molar-refractivity contribution is 6.13. The molecule has 0 bridgehead atoms. The van der Waals surface area contributed by atoms with Gasteiger partial charge in [-0.3, -0.25) is 10.8 Å². The van der Waals surface area contributed by atoms with Crippen LogP contribution in [0, 0.1) is 10.8 Å². The van der Waals surface area contributed by atoms with Crippen LogP contribution in [-0.4, -0.2) is 11.8 Å². The van der Waals surface area contributed by atoms with Gasteiger partial charge >= 0.3 is 0 Å². The zero-order valence-corrected chi connectivity index (χ0v) is 4.21. The first kappa shape index (κ1) is 4.83. The first-order valence-electron chi connectivity index (χ1n) is 2.10. The minimum Gasteiger partial charge on any atom is -0.324 e. The van der Waals surface area contributed by atoms with Gasteiger partial charge in [-0.2, -0.15) is 0 Å². The topological polar surface area (TPSA) is 71.8 Å². The molecule has 1 aliphatic heterocycles. The van der Waals surface area contributed by atoms with Crippen LogP contribution >= 0.6 is 0 Å². The van der Waals surface area contributed by atoms with Crippen LogP contribution in [-0.2, 0) is 0 Å². The van der Waals surface area contributed by atoms with E-state index >= 15 is 0 Å². The van der Waals surface area contributed by atoms with E-state index in [9.17, 15) is 0 Å². The second-order valence-electron chi connectivity index (χ2n) is 1.48. The van der Waals surface area contributed by atoms with E-state index in [1.165, 1.54) is 0 Å². The molecule has 1 aliphatic rings. The standard InChI is InChI=1S/C4H6N4/c1-2-3(5)8-4(6)7-2/h1H2,(H4,5,6,7,8). The molecule has 1 heterocycles. The summed E-state index contributed by atoms with van der Waals surface area (Å²) in [7, 11) is 0. The first-order chi connectivity index (χ1) is 3.70. The molecular weight excluding hydrogens is 104 g/mol. The van der Waals surface area contributed by atoms with Crippen molar-refractivity contribution in [2.24, 2.45) is 0 Å². The molecule has 8 heavy (non-hydrogen) atoms. The monoisotopic (exact) mass is 110 g/mol. The summed E-state index contributed by atoms with van der Waals surface area (Å²) in [6, 6.07) is 0. The molecule has 0 radical (unpaired) electrons. The molecule has 0 amide bonds. The summed E-state index contributed by atoms with van der Waals surface area (Å²) in [4.78, 5) is 0. The Morgan fingerprint density at radius 1 is 1.25 bits per heavy atom. The number of amidine groups is 1. The van der Waals surface area contributed by atoms with Gasteiger partial charge in [0, 0.05) is 0 Å². The number of hydrogen-bond donors (Lipinski definition) is 4. The van der Waals surface area contributed by atoms with E-state index in [1.54, 1.807) is 0 Å². The summed E-state index contributed by atoms with van der Waals surface area (Å²) in [6.07, 6.45) is 0. The summed E-state index contributed by atoms with van der Waals surface area (Å²) in [5.74, 6) is 0.301. The van der Waals surface area contributed by atoms with Gasteiger partial charge in [0.15, 0.2) is 5.96 Å². The van der Waals surface area contributed by atoms with Crippen molar-refractivity contribution in [2.45, 2.75) is 0 Å². The van der Waals surface area contributed by atoms with E-state index in [1.807, 2.05) is 0 Å². The molecule has 0 aromatic heterocycles. The van der Waals surface area contributed by atoms with Gasteiger partial charge in [0.1, 0.15) is 5.84 Å². The van der Waals surface area contributed by atoms with Gasteiger partial charge in [0.2, 0.25) is 0 Å². The molecule has 42 valence electrons. The second kappa shape index (κ2) is 1.33. The molecule has 1 saturated heterocycles. The molecule has 4 N–H and O–H groups in total. The molecule has 0 aromatic rings. The van der Waals surface area contributed by atoms with Crippen molar-refractivity contribution in [3.63, 3.8) is 0 Å². The lowest BCUT2D eigenvalue weighted by molar-refractivity contribution is 1.18. The van der Waals surface area contributed by atoms with Gasteiger partial charge in [0.25, 0.3) is 0 Å². The van der Waals surface area contributed by atoms with Crippen molar-refractivity contribution >= 4 is 11.8 Å². The Hall–Kier alpha value is -1.32. The van der Waals surface area contributed by atoms with Gasteiger partial charge < -0.3 is 10.6 Å². The molecule has 0 unspecified atom stereocenters. The number of hydrogen-bond acceptors (Lipinski definition) is 2. The fourth-order valence-corrected chi connectivity index (χ4v) is 0.445. The van der Waals surface area contributed by atoms with Gasteiger partial charge in [-0.25, -0.2) is 0 Å². The third-order valence-corrected chi connectivity index (χ3v) is 0.828. The third-order valence-electron chi connectivity index (χ3n) is 0.828. The maximum Gasteiger partial charge on any atom is 0.198 e. The van der Waals surface area contributed by atoms with Crippen molar-refractivity contribution in [3.05, 3.63) is 12.3 Å². The largest absolute Gasteiger partial charge is 0.324 e. The molecule has 0 saturated carbocycles. The Kier molecular flexibility index (Phi) is 0.802. The van der Waals surface area contributed by atoms with E-state index in [0.29, 0.717) is 5.70 Å². The van der Waals surface area contributed by atoms with Crippen molar-refractivity contribution in [3.8, 4) is 0 Å². The Morgan fingerprint density at radius 2 is 1.88 bits per heavy atom. The lowest BCUT2D eigenvalue weighted by Crippen LogP contribution is -2.22. The van der Waals surface area contributed by atoms with Crippen LogP contribution in [0.15, 0.2) is 12.3 Å². The Morgan fingerprint density at radius 3 is 2.00 bits per heavy atom. The van der Waals surface area contributed by atoms with Gasteiger partial charge in [-0.05, 0) is 0 Å². The smallest absolute Gasteiger partial charge is 0.198 e. The van der Waals surface area contributed by atoms with Crippen LogP contribution in [0.2, 0.25) is 0 Å². The molecule has 1 rings (SSSR count). The summed E-state index contributed by atoms with van der Waals surface area (Å²) < 4.78 is 0. The zero-order valence-electron chi connectivity index (χ0n) is 4.21. The van der Waals surface area contributed by atoms with E-state index < -0.39 is 0 Å². The predicted octanol–water partition coefficient (Wildman–Crippen LogP) is -0.395. The van der Waals surface area contributed by atoms with Gasteiger partial charge in [-0.1, -0.05) is 6.58 Å². The zero-order chi connectivity index (χ0) is 6.15. The molecule has 0 aromatic carbocycles. The lowest BCUT2D eigenvalue weighted by Gasteiger charge is -1.85. The molecule has 4 nitrogen and oxygen atoms in total. The van der Waals surface area contributed by atoms with E-state index in [4.69, 9.17) is 10.8 Å². The number of nitrogens with one attached hydrogen (secondary N) is 4. The molecular formula is C4H6N4. The molecule has 0 aliphatic carbocycles. The maximum absolute atomic E-state index is 6.97. The van der Waals surface area contributed by atoms with Crippen LogP contribution in [0.5, 0.6) is 0 Å². The van der Waals surface area contributed by atoms with Crippen molar-refractivity contribution in [1.82, 2.24) is 10.6 Å². The third kappa shape index (κ3) is 0.556. The van der Waals surface area contributed by atoms with E-state index in [0.717, 1.165) is 0 Å². The number of rotatable bonds is 0. The average molecular weight is 110 g/mol. The summed E-state index contributed by atoms with van der Waals surface area (Å²) >= 11 is 0. The Labute approximate surface area is 46.6 Å². The van der Waals surface area contributed by atoms with Crippen molar-refractivity contribution in [1.29, 1.82) is 10.8 Å². The van der Waals surface area contributed by atoms with Crippen LogP contribution < -0.4 is 10.6 Å². The highest BCUT2D eigenvalue weighted by atomic mass is 15.2. The molecule has 1 fully saturated rings. The average Bonchev–Trinajstić information content (AvgIpc) is 1.85. The van der Waals surface area contributed by atoms with E-state index in [2.05, 4.69) is 17.2 Å². The summed E-state index contributed by atoms with van der Waals surface area (Å²) in [6.45, 7) is 3.45. The number of guanidine groups is 1. The minimum atomic E-state index is 0.125. The maximum atomic E-state index is 6.97. The molecule has 0 spiro atoms. The molecule has 0 atom stereocenters.